The highest BCUT2D eigenvalue weighted by Crippen LogP contribution is 2.17. The first-order chi connectivity index (χ1) is 10.6. The van der Waals surface area contributed by atoms with E-state index in [1.165, 1.54) is 0 Å². The number of amides is 2. The molecule has 1 aromatic carbocycles. The van der Waals surface area contributed by atoms with Crippen molar-refractivity contribution in [3.05, 3.63) is 35.9 Å². The highest BCUT2D eigenvalue weighted by molar-refractivity contribution is 5.85. The van der Waals surface area contributed by atoms with E-state index in [4.69, 9.17) is 5.11 Å². The first-order valence-corrected chi connectivity index (χ1v) is 7.37. The Hall–Kier alpha value is -2.37. The molecule has 0 bridgehead atoms. The Morgan fingerprint density at radius 2 is 1.77 bits per heavy atom. The molecular formula is C16H20N2O4. The molecule has 1 aliphatic heterocycles. The van der Waals surface area contributed by atoms with E-state index in [0.717, 1.165) is 5.56 Å². The van der Waals surface area contributed by atoms with Crippen LogP contribution in [0.4, 0.5) is 0 Å². The molecule has 1 aromatic rings. The van der Waals surface area contributed by atoms with Crippen LogP contribution >= 0.6 is 0 Å². The lowest BCUT2D eigenvalue weighted by atomic mass is 9.97. The molecule has 1 saturated heterocycles. The molecule has 0 radical (unpaired) electrons. The van der Waals surface area contributed by atoms with E-state index in [-0.39, 0.29) is 30.7 Å². The normalized spacial score (nSPS) is 15.4. The summed E-state index contributed by atoms with van der Waals surface area (Å²) in [6.07, 6.45) is 1.19. The molecule has 0 saturated carbocycles. The van der Waals surface area contributed by atoms with Gasteiger partial charge in [-0.15, -0.1) is 0 Å². The van der Waals surface area contributed by atoms with Crippen molar-refractivity contribution >= 4 is 17.8 Å². The first kappa shape index (κ1) is 16.0. The average Bonchev–Trinajstić information content (AvgIpc) is 2.53. The van der Waals surface area contributed by atoms with Gasteiger partial charge in [-0.25, -0.2) is 0 Å². The minimum Gasteiger partial charge on any atom is -0.481 e. The Kier molecular flexibility index (Phi) is 5.52. The molecule has 2 rings (SSSR count). The van der Waals surface area contributed by atoms with Crippen LogP contribution in [0.2, 0.25) is 0 Å². The molecule has 1 aliphatic rings. The minimum absolute atomic E-state index is 0.0383. The number of rotatable bonds is 5. The fraction of sp³-hybridized carbons (Fsp3) is 0.438. The van der Waals surface area contributed by atoms with Gasteiger partial charge in [-0.1, -0.05) is 30.3 Å². The van der Waals surface area contributed by atoms with Crippen molar-refractivity contribution in [3.8, 4) is 0 Å². The molecule has 1 fully saturated rings. The lowest BCUT2D eigenvalue weighted by Crippen LogP contribution is -2.45. The predicted octanol–water partition coefficient (Wildman–Crippen LogP) is 0.668. The number of aliphatic carboxylic acids is 1. The molecule has 6 heteroatoms. The number of nitrogens with one attached hydrogen (secondary N) is 1. The minimum atomic E-state index is -0.803. The summed E-state index contributed by atoms with van der Waals surface area (Å²) < 4.78 is 0. The highest BCUT2D eigenvalue weighted by Gasteiger charge is 2.26. The van der Waals surface area contributed by atoms with Crippen molar-refractivity contribution in [1.82, 2.24) is 10.2 Å². The summed E-state index contributed by atoms with van der Waals surface area (Å²) in [7, 11) is 0. The maximum Gasteiger partial charge on any atom is 0.306 e. The molecular weight excluding hydrogens is 284 g/mol. The van der Waals surface area contributed by atoms with Gasteiger partial charge in [0.05, 0.1) is 18.9 Å². The third kappa shape index (κ3) is 4.58. The third-order valence-electron chi connectivity index (χ3n) is 3.84. The van der Waals surface area contributed by atoms with Gasteiger partial charge in [0, 0.05) is 13.1 Å². The van der Waals surface area contributed by atoms with Crippen molar-refractivity contribution in [2.75, 3.05) is 19.6 Å². The van der Waals surface area contributed by atoms with Gasteiger partial charge in [-0.2, -0.15) is 0 Å². The lowest BCUT2D eigenvalue weighted by Gasteiger charge is -2.30. The Bertz CT molecular complexity index is 536. The van der Waals surface area contributed by atoms with Crippen LogP contribution < -0.4 is 5.32 Å². The van der Waals surface area contributed by atoms with Crippen LogP contribution in [-0.4, -0.2) is 47.4 Å². The van der Waals surface area contributed by atoms with E-state index >= 15 is 0 Å². The number of carboxylic acid groups (broad SMARTS) is 1. The fourth-order valence-corrected chi connectivity index (χ4v) is 2.51. The second-order valence-corrected chi connectivity index (χ2v) is 5.43. The molecule has 0 aliphatic carbocycles. The number of carboxylic acids is 1. The standard InChI is InChI=1S/C16H20N2O4/c19-14(10-12-4-2-1-3-5-12)17-11-15(20)18-8-6-13(7-9-18)16(21)22/h1-5,13H,6-11H2,(H,17,19)(H,21,22). The van der Waals surface area contributed by atoms with Crippen LogP contribution in [0.25, 0.3) is 0 Å². The maximum atomic E-state index is 12.0. The van der Waals surface area contributed by atoms with E-state index in [9.17, 15) is 14.4 Å². The van der Waals surface area contributed by atoms with Crippen LogP contribution in [0.5, 0.6) is 0 Å². The van der Waals surface area contributed by atoms with Crippen molar-refractivity contribution in [2.45, 2.75) is 19.3 Å². The predicted molar refractivity (Wildman–Crippen MR) is 80.1 cm³/mol. The zero-order valence-electron chi connectivity index (χ0n) is 12.3. The van der Waals surface area contributed by atoms with Gasteiger partial charge in [0.15, 0.2) is 0 Å². The van der Waals surface area contributed by atoms with Crippen molar-refractivity contribution in [3.63, 3.8) is 0 Å². The molecule has 2 N–H and O–H groups in total. The molecule has 0 atom stereocenters. The Morgan fingerprint density at radius 3 is 2.36 bits per heavy atom. The number of carbonyl (C=O) groups excluding carboxylic acids is 2. The van der Waals surface area contributed by atoms with E-state index in [1.54, 1.807) is 4.90 Å². The zero-order chi connectivity index (χ0) is 15.9. The van der Waals surface area contributed by atoms with Crippen LogP contribution in [0, 0.1) is 5.92 Å². The highest BCUT2D eigenvalue weighted by atomic mass is 16.4. The number of hydrogen-bond donors (Lipinski definition) is 2. The quantitative estimate of drug-likeness (QED) is 0.837. The largest absolute Gasteiger partial charge is 0.481 e. The third-order valence-corrected chi connectivity index (χ3v) is 3.84. The smallest absolute Gasteiger partial charge is 0.306 e. The van der Waals surface area contributed by atoms with Gasteiger partial charge in [0.2, 0.25) is 11.8 Å². The number of piperidine rings is 1. The first-order valence-electron chi connectivity index (χ1n) is 7.37. The Balaban J connectivity index is 1.72. The van der Waals surface area contributed by atoms with Crippen molar-refractivity contribution < 1.29 is 19.5 Å². The van der Waals surface area contributed by atoms with Crippen LogP contribution in [0.1, 0.15) is 18.4 Å². The maximum absolute atomic E-state index is 12.0. The fourth-order valence-electron chi connectivity index (χ4n) is 2.51. The summed E-state index contributed by atoms with van der Waals surface area (Å²) in [5, 5.41) is 11.5. The van der Waals surface area contributed by atoms with Gasteiger partial charge in [0.25, 0.3) is 0 Å². The molecule has 22 heavy (non-hydrogen) atoms. The van der Waals surface area contributed by atoms with Gasteiger partial charge in [0.1, 0.15) is 0 Å². The van der Waals surface area contributed by atoms with Gasteiger partial charge in [-0.05, 0) is 18.4 Å². The molecule has 2 amide bonds. The Labute approximate surface area is 129 Å². The summed E-state index contributed by atoms with van der Waals surface area (Å²) >= 11 is 0. The molecule has 0 unspecified atom stereocenters. The van der Waals surface area contributed by atoms with Crippen LogP contribution in [0.15, 0.2) is 30.3 Å². The van der Waals surface area contributed by atoms with Gasteiger partial charge < -0.3 is 15.3 Å². The molecule has 0 aromatic heterocycles. The molecule has 0 spiro atoms. The van der Waals surface area contributed by atoms with Gasteiger partial charge >= 0.3 is 5.97 Å². The zero-order valence-corrected chi connectivity index (χ0v) is 12.3. The summed E-state index contributed by atoms with van der Waals surface area (Å²) in [6, 6.07) is 9.32. The van der Waals surface area contributed by atoms with E-state index in [1.807, 2.05) is 30.3 Å². The second-order valence-electron chi connectivity index (χ2n) is 5.43. The summed E-state index contributed by atoms with van der Waals surface area (Å²) in [5.41, 5.74) is 0.898. The van der Waals surface area contributed by atoms with E-state index in [2.05, 4.69) is 5.32 Å². The summed E-state index contributed by atoms with van der Waals surface area (Å²) in [4.78, 5) is 36.2. The van der Waals surface area contributed by atoms with Gasteiger partial charge in [-0.3, -0.25) is 14.4 Å². The summed E-state index contributed by atoms with van der Waals surface area (Å²) in [6.45, 7) is 0.831. The van der Waals surface area contributed by atoms with Crippen LogP contribution in [0.3, 0.4) is 0 Å². The van der Waals surface area contributed by atoms with Crippen molar-refractivity contribution in [1.29, 1.82) is 0 Å². The Morgan fingerprint density at radius 1 is 1.14 bits per heavy atom. The molecule has 1 heterocycles. The van der Waals surface area contributed by atoms with Crippen molar-refractivity contribution in [2.24, 2.45) is 5.92 Å². The monoisotopic (exact) mass is 304 g/mol. The topological polar surface area (TPSA) is 86.7 Å². The summed E-state index contributed by atoms with van der Waals surface area (Å²) in [5.74, 6) is -1.52. The number of likely N-dealkylation sites (tertiary alicyclic amines) is 1. The SMILES string of the molecule is O=C(Cc1ccccc1)NCC(=O)N1CCC(C(=O)O)CC1. The average molecular weight is 304 g/mol. The lowest BCUT2D eigenvalue weighted by molar-refractivity contribution is -0.145. The van der Waals surface area contributed by atoms with E-state index in [0.29, 0.717) is 25.9 Å². The number of carbonyl (C=O) groups is 3. The molecule has 118 valence electrons. The number of nitrogens with zero attached hydrogens (tertiary/aromatic N) is 1. The second kappa shape index (κ2) is 7.59. The molecule has 6 nitrogen and oxygen atoms in total. The number of hydrogen-bond acceptors (Lipinski definition) is 3. The van der Waals surface area contributed by atoms with Crippen LogP contribution in [-0.2, 0) is 20.8 Å². The number of benzene rings is 1. The van der Waals surface area contributed by atoms with E-state index < -0.39 is 5.97 Å².